The minimum atomic E-state index is -5.20. The molecule has 0 aliphatic heterocycles. The van der Waals surface area contributed by atoms with Crippen LogP contribution in [0.5, 0.6) is 5.88 Å². The Bertz CT molecular complexity index is 1320. The normalized spacial score (nSPS) is 14.2. The molecule has 1 atom stereocenters. The first kappa shape index (κ1) is 23.8. The second-order valence-electron chi connectivity index (χ2n) is 7.32. The first-order chi connectivity index (χ1) is 15.9. The van der Waals surface area contributed by atoms with Crippen LogP contribution in [-0.4, -0.2) is 32.7 Å². The summed E-state index contributed by atoms with van der Waals surface area (Å²) in [5.41, 5.74) is -4.08. The van der Waals surface area contributed by atoms with E-state index in [1.807, 2.05) is 0 Å². The van der Waals surface area contributed by atoms with Crippen molar-refractivity contribution in [3.8, 4) is 11.6 Å². The largest absolute Gasteiger partial charge is 0.473 e. The van der Waals surface area contributed by atoms with Gasteiger partial charge in [-0.25, -0.2) is 9.67 Å². The van der Waals surface area contributed by atoms with E-state index in [2.05, 4.69) is 10.1 Å². The minimum Gasteiger partial charge on any atom is -0.473 e. The lowest BCUT2D eigenvalue weighted by atomic mass is 9.93. The molecule has 1 N–H and O–H groups in total. The van der Waals surface area contributed by atoms with Crippen LogP contribution in [0.2, 0.25) is 5.02 Å². The highest BCUT2D eigenvalue weighted by molar-refractivity contribution is 6.31. The number of fused-ring (bicyclic) bond motifs is 1. The third-order valence-corrected chi connectivity index (χ3v) is 5.34. The summed E-state index contributed by atoms with van der Waals surface area (Å²) in [5, 5.41) is 14.5. The maximum absolute atomic E-state index is 13.9. The van der Waals surface area contributed by atoms with Gasteiger partial charge >= 0.3 is 12.4 Å². The smallest absolute Gasteiger partial charge is 0.424 e. The molecule has 2 aromatic heterocycles. The molecule has 34 heavy (non-hydrogen) atoms. The van der Waals surface area contributed by atoms with Gasteiger partial charge in [0.15, 0.2) is 0 Å². The lowest BCUT2D eigenvalue weighted by Gasteiger charge is -2.30. The number of nitrogens with zero attached hydrogens (tertiary/aromatic N) is 3. The van der Waals surface area contributed by atoms with Crippen LogP contribution in [-0.2, 0) is 11.8 Å². The molecule has 178 valence electrons. The summed E-state index contributed by atoms with van der Waals surface area (Å²) < 4.78 is 86.5. The molecule has 4 rings (SSSR count). The van der Waals surface area contributed by atoms with Gasteiger partial charge in [-0.15, -0.1) is 0 Å². The van der Waals surface area contributed by atoms with E-state index in [-0.39, 0.29) is 0 Å². The van der Waals surface area contributed by atoms with Crippen molar-refractivity contribution in [3.63, 3.8) is 0 Å². The molecule has 0 amide bonds. The van der Waals surface area contributed by atoms with Crippen molar-refractivity contribution in [2.75, 3.05) is 6.61 Å². The predicted octanol–water partition coefficient (Wildman–Crippen LogP) is 5.92. The summed E-state index contributed by atoms with van der Waals surface area (Å²) in [7, 11) is 0. The van der Waals surface area contributed by atoms with E-state index in [1.165, 1.54) is 16.9 Å². The Labute approximate surface area is 193 Å². The fourth-order valence-corrected chi connectivity index (χ4v) is 3.47. The molecule has 0 saturated carbocycles. The van der Waals surface area contributed by atoms with Gasteiger partial charge in [0.05, 0.1) is 23.0 Å². The molecule has 12 heteroatoms. The maximum atomic E-state index is 13.9. The zero-order valence-corrected chi connectivity index (χ0v) is 17.7. The summed E-state index contributed by atoms with van der Waals surface area (Å²) in [6.45, 7) is -1.40. The molecule has 2 heterocycles. The minimum absolute atomic E-state index is 0.315. The number of alkyl halides is 6. The fraction of sp³-hybridized carbons (Fsp3) is 0.182. The molecular weight excluding hydrogens is 488 g/mol. The number of para-hydroxylation sites is 1. The van der Waals surface area contributed by atoms with E-state index in [9.17, 15) is 31.4 Å². The monoisotopic (exact) mass is 501 g/mol. The van der Waals surface area contributed by atoms with Crippen molar-refractivity contribution in [2.45, 2.75) is 18.0 Å². The Kier molecular flexibility index (Phi) is 5.94. The number of halogens is 7. The predicted molar refractivity (Wildman–Crippen MR) is 111 cm³/mol. The number of pyridine rings is 1. The molecule has 0 fully saturated rings. The van der Waals surface area contributed by atoms with E-state index in [0.29, 0.717) is 28.9 Å². The third-order valence-electron chi connectivity index (χ3n) is 5.07. The number of ether oxygens (including phenoxy) is 1. The number of rotatable bonds is 5. The van der Waals surface area contributed by atoms with Gasteiger partial charge in [-0.05, 0) is 35.9 Å². The third kappa shape index (κ3) is 4.40. The van der Waals surface area contributed by atoms with E-state index in [0.717, 1.165) is 12.1 Å². The van der Waals surface area contributed by atoms with E-state index in [4.69, 9.17) is 16.3 Å². The Balaban J connectivity index is 1.66. The zero-order valence-electron chi connectivity index (χ0n) is 16.9. The quantitative estimate of drug-likeness (QED) is 0.345. The molecule has 0 aliphatic rings. The summed E-state index contributed by atoms with van der Waals surface area (Å²) in [6, 6.07) is 12.9. The topological polar surface area (TPSA) is 60.2 Å². The van der Waals surface area contributed by atoms with E-state index >= 15 is 0 Å². The molecule has 0 spiro atoms. The Morgan fingerprint density at radius 1 is 0.912 bits per heavy atom. The highest BCUT2D eigenvalue weighted by atomic mass is 35.5. The standard InChI is InChI=1S/C22H14ClF6N3O2/c23-17-9-15(21(24,25)26)11-30-19(17)34-12-20(33,22(27,28)29)14-6-7-18-13(8-14)10-31-32(18)16-4-2-1-3-5-16/h1-11,33H,12H2. The fourth-order valence-electron chi connectivity index (χ4n) is 3.25. The van der Waals surface area contributed by atoms with Crippen LogP contribution in [0.3, 0.4) is 0 Å². The molecular formula is C22H14ClF6N3O2. The highest BCUT2D eigenvalue weighted by Gasteiger charge is 2.56. The molecule has 0 saturated heterocycles. The van der Waals surface area contributed by atoms with Crippen molar-refractivity contribution < 1.29 is 36.2 Å². The Morgan fingerprint density at radius 3 is 2.24 bits per heavy atom. The Morgan fingerprint density at radius 2 is 1.62 bits per heavy atom. The molecule has 5 nitrogen and oxygen atoms in total. The van der Waals surface area contributed by atoms with Gasteiger partial charge in [0.25, 0.3) is 0 Å². The summed E-state index contributed by atoms with van der Waals surface area (Å²) in [4.78, 5) is 3.34. The Hall–Kier alpha value is -3.31. The van der Waals surface area contributed by atoms with Gasteiger partial charge in [-0.1, -0.05) is 35.9 Å². The number of aliphatic hydroxyl groups is 1. The SMILES string of the molecule is OC(COc1ncc(C(F)(F)F)cc1Cl)(c1ccc2c(cnn2-c2ccccc2)c1)C(F)(F)F. The van der Waals surface area contributed by atoms with Crippen molar-refractivity contribution in [1.82, 2.24) is 14.8 Å². The lowest BCUT2D eigenvalue weighted by Crippen LogP contribution is -2.47. The van der Waals surface area contributed by atoms with Crippen molar-refractivity contribution in [3.05, 3.63) is 83.1 Å². The summed E-state index contributed by atoms with van der Waals surface area (Å²) >= 11 is 5.70. The number of benzene rings is 2. The van der Waals surface area contributed by atoms with Crippen LogP contribution < -0.4 is 4.74 Å². The first-order valence-electron chi connectivity index (χ1n) is 9.58. The van der Waals surface area contributed by atoms with Gasteiger partial charge in [-0.2, -0.15) is 31.4 Å². The molecule has 2 aromatic carbocycles. The van der Waals surface area contributed by atoms with Gasteiger partial charge in [0, 0.05) is 11.6 Å². The summed E-state index contributed by atoms with van der Waals surface area (Å²) in [6.07, 6.45) is -8.23. The average Bonchev–Trinajstić information content (AvgIpc) is 3.20. The van der Waals surface area contributed by atoms with Gasteiger partial charge in [0.2, 0.25) is 11.5 Å². The average molecular weight is 502 g/mol. The van der Waals surface area contributed by atoms with Crippen molar-refractivity contribution in [1.29, 1.82) is 0 Å². The van der Waals surface area contributed by atoms with E-state index < -0.39 is 46.6 Å². The highest BCUT2D eigenvalue weighted by Crippen LogP contribution is 2.41. The van der Waals surface area contributed by atoms with Gasteiger partial charge in [-0.3, -0.25) is 0 Å². The van der Waals surface area contributed by atoms with Crippen LogP contribution in [0.15, 0.2) is 67.0 Å². The van der Waals surface area contributed by atoms with Crippen LogP contribution in [0.1, 0.15) is 11.1 Å². The van der Waals surface area contributed by atoms with Gasteiger partial charge < -0.3 is 9.84 Å². The van der Waals surface area contributed by atoms with Crippen LogP contribution in [0.4, 0.5) is 26.3 Å². The second kappa shape index (κ2) is 8.48. The first-order valence-corrected chi connectivity index (χ1v) is 9.96. The molecule has 0 aliphatic carbocycles. The molecule has 4 aromatic rings. The van der Waals surface area contributed by atoms with Crippen molar-refractivity contribution >= 4 is 22.5 Å². The number of hydrogen-bond acceptors (Lipinski definition) is 4. The van der Waals surface area contributed by atoms with Crippen LogP contribution in [0.25, 0.3) is 16.6 Å². The molecule has 0 radical (unpaired) electrons. The lowest BCUT2D eigenvalue weighted by molar-refractivity contribution is -0.275. The van der Waals surface area contributed by atoms with Crippen molar-refractivity contribution in [2.24, 2.45) is 0 Å². The maximum Gasteiger partial charge on any atom is 0.424 e. The molecule has 1 unspecified atom stereocenters. The van der Waals surface area contributed by atoms with E-state index in [1.54, 1.807) is 30.3 Å². The van der Waals surface area contributed by atoms with Crippen LogP contribution >= 0.6 is 11.6 Å². The molecule has 0 bridgehead atoms. The van der Waals surface area contributed by atoms with Crippen LogP contribution in [0, 0.1) is 0 Å². The van der Waals surface area contributed by atoms with Gasteiger partial charge in [0.1, 0.15) is 11.6 Å². The number of hydrogen-bond donors (Lipinski definition) is 1. The summed E-state index contributed by atoms with van der Waals surface area (Å²) in [5.74, 6) is -0.685. The second-order valence-corrected chi connectivity index (χ2v) is 7.73. The zero-order chi connectivity index (χ0) is 24.7. The number of aromatic nitrogens is 3.